The van der Waals surface area contributed by atoms with Crippen molar-refractivity contribution in [2.24, 2.45) is 0 Å². The van der Waals surface area contributed by atoms with Crippen LogP contribution in [-0.2, 0) is 9.59 Å². The van der Waals surface area contributed by atoms with Gasteiger partial charge in [-0.15, -0.1) is 0 Å². The van der Waals surface area contributed by atoms with Gasteiger partial charge in [-0.1, -0.05) is 37.2 Å². The minimum atomic E-state index is -0.227. The van der Waals surface area contributed by atoms with Crippen molar-refractivity contribution in [1.29, 1.82) is 0 Å². The van der Waals surface area contributed by atoms with E-state index in [0.29, 0.717) is 11.4 Å². The van der Waals surface area contributed by atoms with Gasteiger partial charge in [0.2, 0.25) is 5.91 Å². The minimum absolute atomic E-state index is 0.217. The maximum absolute atomic E-state index is 11.8. The zero-order valence-corrected chi connectivity index (χ0v) is 11.5. The molecule has 0 unspecified atom stereocenters. The smallest absolute Gasteiger partial charge is 0.262 e. The fourth-order valence-electron chi connectivity index (χ4n) is 1.66. The number of hydrogen-bond donors (Lipinski definition) is 2. The van der Waals surface area contributed by atoms with E-state index in [1.165, 1.54) is 17.8 Å². The molecule has 2 amide bonds. The summed E-state index contributed by atoms with van der Waals surface area (Å²) in [5, 5.41) is 5.54. The summed E-state index contributed by atoms with van der Waals surface area (Å²) in [6, 6.07) is 7.54. The second-order valence-corrected chi connectivity index (χ2v) is 5.29. The van der Waals surface area contributed by atoms with Gasteiger partial charge in [-0.3, -0.25) is 9.59 Å². The van der Waals surface area contributed by atoms with E-state index < -0.39 is 0 Å². The molecule has 1 aromatic carbocycles. The van der Waals surface area contributed by atoms with Crippen molar-refractivity contribution < 1.29 is 9.59 Å². The Bertz CT molecular complexity index is 526. The summed E-state index contributed by atoms with van der Waals surface area (Å²) in [5.41, 5.74) is 0.793. The van der Waals surface area contributed by atoms with Crippen molar-refractivity contribution in [2.45, 2.75) is 24.7 Å². The van der Waals surface area contributed by atoms with Crippen LogP contribution in [0.1, 0.15) is 19.8 Å². The lowest BCUT2D eigenvalue weighted by atomic mass is 10.3. The lowest BCUT2D eigenvalue weighted by molar-refractivity contribution is -0.117. The quantitative estimate of drug-likeness (QED) is 0.656. The van der Waals surface area contributed by atoms with Crippen molar-refractivity contribution in [3.8, 4) is 0 Å². The van der Waals surface area contributed by atoms with Crippen molar-refractivity contribution >= 4 is 29.3 Å². The Kier molecular flexibility index (Phi) is 4.63. The number of carbonyl (C=O) groups excluding carboxylic acids is 2. The monoisotopic (exact) mass is 276 g/mol. The number of carbonyl (C=O) groups is 2. The molecular formula is C14H16N2O2S. The molecule has 0 aromatic heterocycles. The fourth-order valence-corrected chi connectivity index (χ4v) is 2.58. The molecule has 2 N–H and O–H groups in total. The Hall–Kier alpha value is -1.75. The van der Waals surface area contributed by atoms with Crippen LogP contribution in [0.3, 0.4) is 0 Å². The fraction of sp³-hybridized carbons (Fsp3) is 0.286. The highest BCUT2D eigenvalue weighted by molar-refractivity contribution is 8.04. The largest absolute Gasteiger partial charge is 0.353 e. The molecule has 4 nitrogen and oxygen atoms in total. The molecule has 0 radical (unpaired) electrons. The van der Waals surface area contributed by atoms with E-state index in [2.05, 4.69) is 17.6 Å². The topological polar surface area (TPSA) is 58.2 Å². The van der Waals surface area contributed by atoms with Gasteiger partial charge in [0.05, 0.1) is 10.6 Å². The molecule has 1 aliphatic rings. The normalized spacial score (nSPS) is 15.8. The van der Waals surface area contributed by atoms with E-state index in [4.69, 9.17) is 0 Å². The van der Waals surface area contributed by atoms with Crippen LogP contribution in [-0.4, -0.2) is 18.4 Å². The summed E-state index contributed by atoms with van der Waals surface area (Å²) in [6.07, 6.45) is 3.34. The number of rotatable bonds is 4. The highest BCUT2D eigenvalue weighted by Crippen LogP contribution is 2.37. The maximum Gasteiger partial charge on any atom is 0.262 e. The van der Waals surface area contributed by atoms with Crippen molar-refractivity contribution in [1.82, 2.24) is 5.32 Å². The SMILES string of the molecule is CCCCNC(=O)/C=C1/Sc2ccccc2NC1=O. The number of nitrogens with one attached hydrogen (secondary N) is 2. The standard InChI is InChI=1S/C14H16N2O2S/c1-2-3-8-15-13(17)9-12-14(18)16-10-6-4-5-7-11(10)19-12/h4-7,9H,2-3,8H2,1H3,(H,15,17)(H,16,18)/b12-9+. The molecule has 1 heterocycles. The van der Waals surface area contributed by atoms with Gasteiger partial charge in [0.15, 0.2) is 0 Å². The van der Waals surface area contributed by atoms with Gasteiger partial charge in [0.1, 0.15) is 0 Å². The lowest BCUT2D eigenvalue weighted by Crippen LogP contribution is -2.24. The van der Waals surface area contributed by atoms with E-state index in [9.17, 15) is 9.59 Å². The maximum atomic E-state index is 11.8. The van der Waals surface area contributed by atoms with Crippen LogP contribution < -0.4 is 10.6 Å². The molecule has 100 valence electrons. The number of amides is 2. The summed E-state index contributed by atoms with van der Waals surface area (Å²) < 4.78 is 0. The lowest BCUT2D eigenvalue weighted by Gasteiger charge is -2.17. The second kappa shape index (κ2) is 6.43. The molecule has 0 fully saturated rings. The Labute approximate surface area is 116 Å². The van der Waals surface area contributed by atoms with Gasteiger partial charge in [-0.05, 0) is 18.6 Å². The van der Waals surface area contributed by atoms with Crippen LogP contribution in [0.5, 0.6) is 0 Å². The first-order valence-corrected chi connectivity index (χ1v) is 7.10. The first kappa shape index (κ1) is 13.7. The van der Waals surface area contributed by atoms with Crippen LogP contribution in [0, 0.1) is 0 Å². The molecule has 1 aromatic rings. The third-order valence-electron chi connectivity index (χ3n) is 2.67. The van der Waals surface area contributed by atoms with Crippen molar-refractivity contribution in [3.05, 3.63) is 35.2 Å². The second-order valence-electron chi connectivity index (χ2n) is 4.21. The number of benzene rings is 1. The summed E-state index contributed by atoms with van der Waals surface area (Å²) in [5.74, 6) is -0.445. The summed E-state index contributed by atoms with van der Waals surface area (Å²) in [6.45, 7) is 2.70. The predicted molar refractivity (Wildman–Crippen MR) is 76.9 cm³/mol. The van der Waals surface area contributed by atoms with Gasteiger partial charge < -0.3 is 10.6 Å². The van der Waals surface area contributed by atoms with Gasteiger partial charge in [-0.2, -0.15) is 0 Å². The summed E-state index contributed by atoms with van der Waals surface area (Å²) in [4.78, 5) is 24.9. The summed E-state index contributed by atoms with van der Waals surface area (Å²) >= 11 is 1.32. The van der Waals surface area contributed by atoms with Crippen LogP contribution in [0.2, 0.25) is 0 Å². The Morgan fingerprint density at radius 2 is 2.21 bits per heavy atom. The van der Waals surface area contributed by atoms with Crippen LogP contribution in [0.25, 0.3) is 0 Å². The van der Waals surface area contributed by atoms with E-state index >= 15 is 0 Å². The number of unbranched alkanes of at least 4 members (excludes halogenated alkanes) is 1. The molecule has 0 saturated carbocycles. The van der Waals surface area contributed by atoms with Crippen LogP contribution >= 0.6 is 11.8 Å². The number of fused-ring (bicyclic) bond motifs is 1. The highest BCUT2D eigenvalue weighted by atomic mass is 32.2. The average Bonchev–Trinajstić information content (AvgIpc) is 2.40. The molecule has 19 heavy (non-hydrogen) atoms. The molecule has 0 spiro atoms. The third kappa shape index (κ3) is 3.61. The Morgan fingerprint density at radius 3 is 3.00 bits per heavy atom. The van der Waals surface area contributed by atoms with Crippen LogP contribution in [0.15, 0.2) is 40.1 Å². The first-order valence-electron chi connectivity index (χ1n) is 6.28. The Morgan fingerprint density at radius 1 is 1.42 bits per heavy atom. The number of anilines is 1. The number of para-hydroxylation sites is 1. The highest BCUT2D eigenvalue weighted by Gasteiger charge is 2.21. The van der Waals surface area contributed by atoms with Gasteiger partial charge in [-0.25, -0.2) is 0 Å². The van der Waals surface area contributed by atoms with Gasteiger partial charge in [0, 0.05) is 17.5 Å². The molecular weight excluding hydrogens is 260 g/mol. The van der Waals surface area contributed by atoms with E-state index in [1.807, 2.05) is 24.3 Å². The van der Waals surface area contributed by atoms with Crippen LogP contribution in [0.4, 0.5) is 5.69 Å². The van der Waals surface area contributed by atoms with Crippen molar-refractivity contribution in [3.63, 3.8) is 0 Å². The molecule has 2 rings (SSSR count). The molecule has 5 heteroatoms. The first-order chi connectivity index (χ1) is 9.20. The average molecular weight is 276 g/mol. The summed E-state index contributed by atoms with van der Waals surface area (Å²) in [7, 11) is 0. The predicted octanol–water partition coefficient (Wildman–Crippen LogP) is 2.53. The number of thioether (sulfide) groups is 1. The third-order valence-corrected chi connectivity index (χ3v) is 3.77. The van der Waals surface area contributed by atoms with E-state index in [-0.39, 0.29) is 11.8 Å². The van der Waals surface area contributed by atoms with E-state index in [1.54, 1.807) is 0 Å². The molecule has 0 atom stereocenters. The molecule has 0 bridgehead atoms. The van der Waals surface area contributed by atoms with Crippen molar-refractivity contribution in [2.75, 3.05) is 11.9 Å². The van der Waals surface area contributed by atoms with E-state index in [0.717, 1.165) is 23.4 Å². The van der Waals surface area contributed by atoms with Gasteiger partial charge >= 0.3 is 0 Å². The Balaban J connectivity index is 2.05. The van der Waals surface area contributed by atoms with Gasteiger partial charge in [0.25, 0.3) is 5.91 Å². The molecule has 1 aliphatic heterocycles. The molecule has 0 aliphatic carbocycles. The molecule has 0 saturated heterocycles. The zero-order valence-electron chi connectivity index (χ0n) is 10.7. The minimum Gasteiger partial charge on any atom is -0.353 e. The number of hydrogen-bond acceptors (Lipinski definition) is 3. The zero-order chi connectivity index (χ0) is 13.7.